The molecule has 1 heterocycles. The molecule has 0 bridgehead atoms. The van der Waals surface area contributed by atoms with Crippen LogP contribution in [0.2, 0.25) is 0 Å². The van der Waals surface area contributed by atoms with Crippen LogP contribution in [-0.4, -0.2) is 17.7 Å². The number of nitrogens with zero attached hydrogens (tertiary/aromatic N) is 1. The third kappa shape index (κ3) is 2.64. The Kier molecular flexibility index (Phi) is 3.79. The third-order valence-corrected chi connectivity index (χ3v) is 4.95. The van der Waals surface area contributed by atoms with Gasteiger partial charge in [-0.3, -0.25) is 0 Å². The van der Waals surface area contributed by atoms with Gasteiger partial charge in [-0.25, -0.2) is 0 Å². The highest BCUT2D eigenvalue weighted by molar-refractivity contribution is 5.49. The zero-order valence-corrected chi connectivity index (χ0v) is 11.9. The fourth-order valence-corrected chi connectivity index (χ4v) is 3.89. The van der Waals surface area contributed by atoms with Gasteiger partial charge in [0, 0.05) is 18.3 Å². The van der Waals surface area contributed by atoms with Crippen molar-refractivity contribution in [2.75, 3.05) is 11.4 Å². The molecule has 1 aliphatic heterocycles. The molecule has 2 heteroatoms. The van der Waals surface area contributed by atoms with E-state index in [-0.39, 0.29) is 6.10 Å². The van der Waals surface area contributed by atoms with Crippen molar-refractivity contribution in [2.45, 2.75) is 57.6 Å². The maximum Gasteiger partial charge on any atom is 0.0761 e. The number of benzene rings is 1. The van der Waals surface area contributed by atoms with E-state index in [2.05, 4.69) is 29.2 Å². The lowest BCUT2D eigenvalue weighted by Crippen LogP contribution is -2.46. The van der Waals surface area contributed by atoms with Crippen LogP contribution in [0.5, 0.6) is 0 Å². The molecular weight excluding hydrogens is 234 g/mol. The fraction of sp³-hybridized carbons (Fsp3) is 0.647. The summed E-state index contributed by atoms with van der Waals surface area (Å²) in [5.41, 5.74) is 2.36. The number of hydrogen-bond acceptors (Lipinski definition) is 2. The lowest BCUT2D eigenvalue weighted by atomic mass is 9.78. The van der Waals surface area contributed by atoms with E-state index in [9.17, 15) is 5.11 Å². The maximum atomic E-state index is 9.60. The first-order valence-electron chi connectivity index (χ1n) is 7.80. The van der Waals surface area contributed by atoms with E-state index in [0.717, 1.165) is 17.5 Å². The lowest BCUT2D eigenvalue weighted by Gasteiger charge is -2.45. The lowest BCUT2D eigenvalue weighted by molar-refractivity contribution is 0.199. The van der Waals surface area contributed by atoms with Gasteiger partial charge in [-0.1, -0.05) is 25.0 Å². The zero-order valence-electron chi connectivity index (χ0n) is 11.9. The first-order valence-corrected chi connectivity index (χ1v) is 7.80. The van der Waals surface area contributed by atoms with Crippen LogP contribution in [0.15, 0.2) is 24.3 Å². The van der Waals surface area contributed by atoms with Crippen molar-refractivity contribution in [3.63, 3.8) is 0 Å². The SMILES string of the molecule is CC(O)c1ccc(N2CCC[C@H]3CCCC[C@H]32)cc1. The summed E-state index contributed by atoms with van der Waals surface area (Å²) in [6.07, 6.45) is 8.00. The number of anilines is 1. The molecule has 3 rings (SSSR count). The van der Waals surface area contributed by atoms with Gasteiger partial charge in [0.15, 0.2) is 0 Å². The van der Waals surface area contributed by atoms with Gasteiger partial charge in [-0.05, 0) is 56.2 Å². The quantitative estimate of drug-likeness (QED) is 0.870. The topological polar surface area (TPSA) is 23.5 Å². The molecule has 1 saturated carbocycles. The number of aliphatic hydroxyl groups is 1. The third-order valence-electron chi connectivity index (χ3n) is 4.95. The molecule has 0 amide bonds. The monoisotopic (exact) mass is 259 g/mol. The Bertz CT molecular complexity index is 410. The normalized spacial score (nSPS) is 28.8. The summed E-state index contributed by atoms with van der Waals surface area (Å²) in [5.74, 6) is 0.916. The maximum absolute atomic E-state index is 9.60. The van der Waals surface area contributed by atoms with Crippen LogP contribution >= 0.6 is 0 Å². The minimum atomic E-state index is -0.363. The van der Waals surface area contributed by atoms with Gasteiger partial charge in [0.2, 0.25) is 0 Å². The molecule has 19 heavy (non-hydrogen) atoms. The molecule has 1 aromatic carbocycles. The molecule has 1 unspecified atom stereocenters. The Morgan fingerprint density at radius 2 is 1.74 bits per heavy atom. The number of piperidine rings is 1. The smallest absolute Gasteiger partial charge is 0.0761 e. The predicted octanol–water partition coefficient (Wildman–Crippen LogP) is 3.90. The van der Waals surface area contributed by atoms with E-state index in [1.165, 1.54) is 50.8 Å². The molecule has 2 fully saturated rings. The van der Waals surface area contributed by atoms with Crippen molar-refractivity contribution < 1.29 is 5.11 Å². The summed E-state index contributed by atoms with van der Waals surface area (Å²) in [6.45, 7) is 3.03. The molecule has 0 radical (unpaired) electrons. The van der Waals surface area contributed by atoms with E-state index in [0.29, 0.717) is 0 Å². The van der Waals surface area contributed by atoms with Crippen LogP contribution < -0.4 is 4.90 Å². The second-order valence-corrected chi connectivity index (χ2v) is 6.22. The van der Waals surface area contributed by atoms with Crippen molar-refractivity contribution >= 4 is 5.69 Å². The summed E-state index contributed by atoms with van der Waals surface area (Å²) in [7, 11) is 0. The van der Waals surface area contributed by atoms with E-state index in [1.54, 1.807) is 0 Å². The van der Waals surface area contributed by atoms with Crippen LogP contribution in [0.4, 0.5) is 5.69 Å². The average Bonchev–Trinajstić information content (AvgIpc) is 2.47. The molecule has 0 aromatic heterocycles. The van der Waals surface area contributed by atoms with Crippen molar-refractivity contribution in [3.8, 4) is 0 Å². The van der Waals surface area contributed by atoms with Crippen LogP contribution in [0.3, 0.4) is 0 Å². The molecule has 104 valence electrons. The summed E-state index contributed by atoms with van der Waals surface area (Å²) < 4.78 is 0. The second kappa shape index (κ2) is 5.54. The molecule has 1 N–H and O–H groups in total. The Labute approximate surface area is 116 Å². The number of aliphatic hydroxyl groups excluding tert-OH is 1. The van der Waals surface area contributed by atoms with Gasteiger partial charge in [0.1, 0.15) is 0 Å². The minimum absolute atomic E-state index is 0.363. The molecule has 0 spiro atoms. The molecular formula is C17H25NO. The van der Waals surface area contributed by atoms with Gasteiger partial charge in [0.25, 0.3) is 0 Å². The average molecular weight is 259 g/mol. The Morgan fingerprint density at radius 1 is 1.05 bits per heavy atom. The molecule has 2 aliphatic rings. The highest BCUT2D eigenvalue weighted by atomic mass is 16.3. The van der Waals surface area contributed by atoms with E-state index in [4.69, 9.17) is 0 Å². The first kappa shape index (κ1) is 13.0. The summed E-state index contributed by atoms with van der Waals surface area (Å²) in [5, 5.41) is 9.60. The molecule has 2 nitrogen and oxygen atoms in total. The van der Waals surface area contributed by atoms with Crippen molar-refractivity contribution in [1.82, 2.24) is 0 Å². The minimum Gasteiger partial charge on any atom is -0.389 e. The van der Waals surface area contributed by atoms with Crippen LogP contribution in [-0.2, 0) is 0 Å². The molecule has 1 aromatic rings. The highest BCUT2D eigenvalue weighted by Gasteiger charge is 2.33. The van der Waals surface area contributed by atoms with Crippen molar-refractivity contribution in [1.29, 1.82) is 0 Å². The van der Waals surface area contributed by atoms with Gasteiger partial charge >= 0.3 is 0 Å². The van der Waals surface area contributed by atoms with Gasteiger partial charge in [-0.15, -0.1) is 0 Å². The number of hydrogen-bond donors (Lipinski definition) is 1. The van der Waals surface area contributed by atoms with E-state index < -0.39 is 0 Å². The Balaban J connectivity index is 1.79. The van der Waals surface area contributed by atoms with Gasteiger partial charge in [-0.2, -0.15) is 0 Å². The Hall–Kier alpha value is -1.02. The standard InChI is InChI=1S/C17H25NO/c1-13(19)14-8-10-16(11-9-14)18-12-4-6-15-5-2-3-7-17(15)18/h8-11,13,15,17,19H,2-7,12H2,1H3/t13?,15-,17-/m1/s1. The largest absolute Gasteiger partial charge is 0.389 e. The summed E-state index contributed by atoms with van der Waals surface area (Å²) in [6, 6.07) is 9.30. The van der Waals surface area contributed by atoms with Crippen molar-refractivity contribution in [3.05, 3.63) is 29.8 Å². The zero-order chi connectivity index (χ0) is 13.2. The first-order chi connectivity index (χ1) is 9.25. The number of fused-ring (bicyclic) bond motifs is 1. The van der Waals surface area contributed by atoms with Crippen molar-refractivity contribution in [2.24, 2.45) is 5.92 Å². The Morgan fingerprint density at radius 3 is 2.47 bits per heavy atom. The van der Waals surface area contributed by atoms with Crippen LogP contribution in [0.1, 0.15) is 57.1 Å². The summed E-state index contributed by atoms with van der Waals surface area (Å²) in [4.78, 5) is 2.62. The number of rotatable bonds is 2. The van der Waals surface area contributed by atoms with Crippen LogP contribution in [0, 0.1) is 5.92 Å². The molecule has 3 atom stereocenters. The van der Waals surface area contributed by atoms with Gasteiger partial charge in [0.05, 0.1) is 6.10 Å². The fourth-order valence-electron chi connectivity index (χ4n) is 3.89. The summed E-state index contributed by atoms with van der Waals surface area (Å²) >= 11 is 0. The van der Waals surface area contributed by atoms with E-state index in [1.807, 2.05) is 6.92 Å². The second-order valence-electron chi connectivity index (χ2n) is 6.22. The predicted molar refractivity (Wildman–Crippen MR) is 79.4 cm³/mol. The van der Waals surface area contributed by atoms with Gasteiger partial charge < -0.3 is 10.0 Å². The molecule has 1 aliphatic carbocycles. The molecule has 1 saturated heterocycles. The van der Waals surface area contributed by atoms with Crippen LogP contribution in [0.25, 0.3) is 0 Å². The highest BCUT2D eigenvalue weighted by Crippen LogP contribution is 2.37. The van der Waals surface area contributed by atoms with E-state index >= 15 is 0 Å².